The van der Waals surface area contributed by atoms with Crippen molar-refractivity contribution in [2.45, 2.75) is 45.2 Å². The predicted molar refractivity (Wildman–Crippen MR) is 94.7 cm³/mol. The lowest BCUT2D eigenvalue weighted by Gasteiger charge is -2.35. The lowest BCUT2D eigenvalue weighted by atomic mass is 10.0. The maximum atomic E-state index is 13.3. The Morgan fingerprint density at radius 2 is 1.96 bits per heavy atom. The van der Waals surface area contributed by atoms with Crippen LogP contribution in [0.3, 0.4) is 0 Å². The van der Waals surface area contributed by atoms with E-state index in [1.54, 1.807) is 11.6 Å². The number of aromatic nitrogens is 4. The molecule has 2 aromatic rings. The zero-order valence-electron chi connectivity index (χ0n) is 15.1. The lowest BCUT2D eigenvalue weighted by Crippen LogP contribution is -2.40. The molecule has 0 bridgehead atoms. The number of piperidine rings is 1. The molecule has 2 heterocycles. The third-order valence-corrected chi connectivity index (χ3v) is 4.84. The summed E-state index contributed by atoms with van der Waals surface area (Å²) in [6.45, 7) is 4.77. The number of rotatable bonds is 7. The van der Waals surface area contributed by atoms with Gasteiger partial charge in [0, 0.05) is 13.0 Å². The average Bonchev–Trinajstić information content (AvgIpc) is 3.07. The third-order valence-electron chi connectivity index (χ3n) is 4.84. The van der Waals surface area contributed by atoms with Crippen LogP contribution in [-0.4, -0.2) is 50.6 Å². The van der Waals surface area contributed by atoms with Crippen LogP contribution < -0.4 is 5.32 Å². The SMILES string of the molecule is Cc1nnnn1CCC(=O)NC[C@H](c1ccc(F)cc1)N1CCCCC1. The Labute approximate surface area is 152 Å². The molecule has 1 N–H and O–H groups in total. The van der Waals surface area contributed by atoms with Gasteiger partial charge in [0.05, 0.1) is 12.6 Å². The van der Waals surface area contributed by atoms with Crippen molar-refractivity contribution in [2.75, 3.05) is 19.6 Å². The molecule has 140 valence electrons. The number of nitrogens with zero attached hydrogens (tertiary/aromatic N) is 5. The summed E-state index contributed by atoms with van der Waals surface area (Å²) in [5.41, 5.74) is 1.03. The molecule has 26 heavy (non-hydrogen) atoms. The van der Waals surface area contributed by atoms with Gasteiger partial charge < -0.3 is 5.32 Å². The first kappa shape index (κ1) is 18.4. The van der Waals surface area contributed by atoms with Crippen LogP contribution in [0.1, 0.15) is 43.1 Å². The topological polar surface area (TPSA) is 75.9 Å². The van der Waals surface area contributed by atoms with Crippen molar-refractivity contribution in [3.05, 3.63) is 41.5 Å². The molecule has 1 amide bonds. The largest absolute Gasteiger partial charge is 0.354 e. The van der Waals surface area contributed by atoms with E-state index in [1.807, 2.05) is 12.1 Å². The highest BCUT2D eigenvalue weighted by atomic mass is 19.1. The Hall–Kier alpha value is -2.35. The van der Waals surface area contributed by atoms with Crippen molar-refractivity contribution in [1.29, 1.82) is 0 Å². The number of likely N-dealkylation sites (tertiary alicyclic amines) is 1. The molecular weight excluding hydrogens is 335 g/mol. The van der Waals surface area contributed by atoms with Crippen LogP contribution in [-0.2, 0) is 11.3 Å². The van der Waals surface area contributed by atoms with Crippen LogP contribution in [0.2, 0.25) is 0 Å². The molecule has 1 fully saturated rings. The minimum atomic E-state index is -0.244. The van der Waals surface area contributed by atoms with Gasteiger partial charge in [-0.05, 0) is 61.0 Å². The number of benzene rings is 1. The van der Waals surface area contributed by atoms with E-state index in [2.05, 4.69) is 25.7 Å². The first-order valence-corrected chi connectivity index (χ1v) is 9.12. The predicted octanol–water partition coefficient (Wildman–Crippen LogP) is 1.85. The quantitative estimate of drug-likeness (QED) is 0.816. The van der Waals surface area contributed by atoms with Gasteiger partial charge in [-0.15, -0.1) is 5.10 Å². The molecule has 1 saturated heterocycles. The molecular formula is C18H25FN6O. The summed E-state index contributed by atoms with van der Waals surface area (Å²) in [5.74, 6) is 0.409. The number of tetrazole rings is 1. The van der Waals surface area contributed by atoms with E-state index in [4.69, 9.17) is 0 Å². The molecule has 1 aromatic heterocycles. The molecule has 1 aromatic carbocycles. The van der Waals surface area contributed by atoms with Crippen molar-refractivity contribution in [1.82, 2.24) is 30.4 Å². The number of nitrogens with one attached hydrogen (secondary N) is 1. The number of carbonyl (C=O) groups excluding carboxylic acids is 1. The Bertz CT molecular complexity index is 711. The van der Waals surface area contributed by atoms with E-state index in [0.717, 1.165) is 31.5 Å². The molecule has 1 atom stereocenters. The second-order valence-electron chi connectivity index (χ2n) is 6.67. The van der Waals surface area contributed by atoms with Crippen molar-refractivity contribution < 1.29 is 9.18 Å². The fourth-order valence-electron chi connectivity index (χ4n) is 3.33. The second-order valence-corrected chi connectivity index (χ2v) is 6.67. The third kappa shape index (κ3) is 4.85. The van der Waals surface area contributed by atoms with Gasteiger partial charge in [0.15, 0.2) is 0 Å². The summed E-state index contributed by atoms with van der Waals surface area (Å²) in [4.78, 5) is 14.6. The van der Waals surface area contributed by atoms with E-state index in [9.17, 15) is 9.18 Å². The van der Waals surface area contributed by atoms with Gasteiger partial charge in [0.1, 0.15) is 11.6 Å². The van der Waals surface area contributed by atoms with Crippen molar-refractivity contribution in [2.24, 2.45) is 0 Å². The standard InChI is InChI=1S/C18H25FN6O/c1-14-21-22-23-25(14)12-9-18(26)20-13-17(24-10-3-2-4-11-24)15-5-7-16(19)8-6-15/h5-8,17H,2-4,9-13H2,1H3,(H,20,26)/t17-/m1/s1. The summed E-state index contributed by atoms with van der Waals surface area (Å²) >= 11 is 0. The highest BCUT2D eigenvalue weighted by molar-refractivity contribution is 5.75. The molecule has 1 aliphatic rings. The van der Waals surface area contributed by atoms with Gasteiger partial charge in [-0.3, -0.25) is 9.69 Å². The van der Waals surface area contributed by atoms with Crippen LogP contribution in [0, 0.1) is 12.7 Å². The summed E-state index contributed by atoms with van der Waals surface area (Å²) in [7, 11) is 0. The zero-order valence-corrected chi connectivity index (χ0v) is 15.1. The first-order valence-electron chi connectivity index (χ1n) is 9.12. The molecule has 3 rings (SSSR count). The second kappa shape index (κ2) is 8.84. The van der Waals surface area contributed by atoms with Gasteiger partial charge in [0.25, 0.3) is 0 Å². The molecule has 0 aliphatic carbocycles. The lowest BCUT2D eigenvalue weighted by molar-refractivity contribution is -0.121. The normalized spacial score (nSPS) is 16.4. The molecule has 7 nitrogen and oxygen atoms in total. The molecule has 0 spiro atoms. The summed E-state index contributed by atoms with van der Waals surface area (Å²) in [6, 6.07) is 6.65. The Balaban J connectivity index is 1.59. The van der Waals surface area contributed by atoms with E-state index in [1.165, 1.54) is 18.6 Å². The summed E-state index contributed by atoms with van der Waals surface area (Å²) < 4.78 is 14.9. The smallest absolute Gasteiger partial charge is 0.221 e. The highest BCUT2D eigenvalue weighted by Crippen LogP contribution is 2.24. The zero-order chi connectivity index (χ0) is 18.4. The number of aryl methyl sites for hydroxylation is 2. The Kier molecular flexibility index (Phi) is 6.27. The summed E-state index contributed by atoms with van der Waals surface area (Å²) in [6.07, 6.45) is 3.88. The first-order chi connectivity index (χ1) is 12.6. The molecule has 1 aliphatic heterocycles. The fraction of sp³-hybridized carbons (Fsp3) is 0.556. The van der Waals surface area contributed by atoms with Gasteiger partial charge >= 0.3 is 0 Å². The van der Waals surface area contributed by atoms with Gasteiger partial charge in [0.2, 0.25) is 5.91 Å². The number of halogens is 1. The maximum absolute atomic E-state index is 13.3. The Morgan fingerprint density at radius 1 is 1.23 bits per heavy atom. The molecule has 0 unspecified atom stereocenters. The minimum absolute atomic E-state index is 0.0379. The fourth-order valence-corrected chi connectivity index (χ4v) is 3.33. The number of carbonyl (C=O) groups is 1. The number of hydrogen-bond donors (Lipinski definition) is 1. The molecule has 8 heteroatoms. The van der Waals surface area contributed by atoms with Gasteiger partial charge in [-0.1, -0.05) is 18.6 Å². The van der Waals surface area contributed by atoms with Gasteiger partial charge in [-0.25, -0.2) is 9.07 Å². The summed E-state index contributed by atoms with van der Waals surface area (Å²) in [5, 5.41) is 14.2. The van der Waals surface area contributed by atoms with E-state index < -0.39 is 0 Å². The van der Waals surface area contributed by atoms with Crippen LogP contribution >= 0.6 is 0 Å². The average molecular weight is 360 g/mol. The van der Waals surface area contributed by atoms with E-state index in [0.29, 0.717) is 25.3 Å². The van der Waals surface area contributed by atoms with Crippen LogP contribution in [0.15, 0.2) is 24.3 Å². The van der Waals surface area contributed by atoms with Gasteiger partial charge in [-0.2, -0.15) is 0 Å². The van der Waals surface area contributed by atoms with Crippen LogP contribution in [0.25, 0.3) is 0 Å². The maximum Gasteiger partial charge on any atom is 0.221 e. The number of hydrogen-bond acceptors (Lipinski definition) is 5. The van der Waals surface area contributed by atoms with Crippen molar-refractivity contribution in [3.8, 4) is 0 Å². The molecule has 0 radical (unpaired) electrons. The number of amides is 1. The molecule has 0 saturated carbocycles. The minimum Gasteiger partial charge on any atom is -0.354 e. The van der Waals surface area contributed by atoms with E-state index >= 15 is 0 Å². The van der Waals surface area contributed by atoms with Crippen LogP contribution in [0.5, 0.6) is 0 Å². The Morgan fingerprint density at radius 3 is 2.62 bits per heavy atom. The van der Waals surface area contributed by atoms with Crippen molar-refractivity contribution >= 4 is 5.91 Å². The van der Waals surface area contributed by atoms with Crippen LogP contribution in [0.4, 0.5) is 4.39 Å². The van der Waals surface area contributed by atoms with Crippen molar-refractivity contribution in [3.63, 3.8) is 0 Å². The monoisotopic (exact) mass is 360 g/mol. The van der Waals surface area contributed by atoms with E-state index in [-0.39, 0.29) is 17.8 Å². The highest BCUT2D eigenvalue weighted by Gasteiger charge is 2.23.